The predicted octanol–water partition coefficient (Wildman–Crippen LogP) is 10.4. The summed E-state index contributed by atoms with van der Waals surface area (Å²) < 4.78 is 0. The lowest BCUT2D eigenvalue weighted by atomic mass is 9.81. The molecule has 47 heavy (non-hydrogen) atoms. The van der Waals surface area contributed by atoms with Gasteiger partial charge in [0.05, 0.1) is 11.6 Å². The maximum Gasteiger partial charge on any atom is 0.164 e. The zero-order valence-electron chi connectivity index (χ0n) is 26.1. The summed E-state index contributed by atoms with van der Waals surface area (Å²) in [6.07, 6.45) is 0. The van der Waals surface area contributed by atoms with Crippen LogP contribution in [0.5, 0.6) is 0 Å². The minimum Gasteiger partial charge on any atom is -0.208 e. The second-order valence-electron chi connectivity index (χ2n) is 12.4. The van der Waals surface area contributed by atoms with E-state index in [4.69, 9.17) is 15.0 Å². The van der Waals surface area contributed by atoms with E-state index in [-0.39, 0.29) is 5.41 Å². The van der Waals surface area contributed by atoms with Gasteiger partial charge >= 0.3 is 0 Å². The highest BCUT2D eigenvalue weighted by Gasteiger charge is 2.35. The summed E-state index contributed by atoms with van der Waals surface area (Å²) in [5.41, 5.74) is 12.6. The summed E-state index contributed by atoms with van der Waals surface area (Å²) >= 11 is 0. The van der Waals surface area contributed by atoms with E-state index in [0.717, 1.165) is 38.9 Å². The van der Waals surface area contributed by atoms with Crippen molar-refractivity contribution in [2.75, 3.05) is 0 Å². The Labute approximate surface area is 274 Å². The predicted molar refractivity (Wildman–Crippen MR) is 189 cm³/mol. The smallest absolute Gasteiger partial charge is 0.164 e. The van der Waals surface area contributed by atoms with Crippen molar-refractivity contribution in [2.24, 2.45) is 0 Å². The summed E-state index contributed by atoms with van der Waals surface area (Å²) in [5.74, 6) is 1.89. The van der Waals surface area contributed by atoms with Crippen LogP contribution in [0.2, 0.25) is 0 Å². The van der Waals surface area contributed by atoms with E-state index < -0.39 is 0 Å². The monoisotopic (exact) mass is 602 g/mol. The van der Waals surface area contributed by atoms with E-state index >= 15 is 0 Å². The number of aromatic nitrogens is 3. The van der Waals surface area contributed by atoms with Gasteiger partial charge in [0.15, 0.2) is 17.5 Å². The molecule has 0 saturated carbocycles. The molecule has 7 aromatic rings. The number of rotatable bonds is 5. The molecule has 222 valence electrons. The minimum absolute atomic E-state index is 0.217. The number of nitriles is 1. The van der Waals surface area contributed by atoms with Gasteiger partial charge in [-0.2, -0.15) is 5.26 Å². The molecule has 1 aliphatic carbocycles. The number of hydrogen-bond donors (Lipinski definition) is 0. The Balaban J connectivity index is 1.25. The van der Waals surface area contributed by atoms with Gasteiger partial charge in [-0.25, -0.2) is 15.0 Å². The Hall–Kier alpha value is -6.18. The van der Waals surface area contributed by atoms with Gasteiger partial charge in [-0.05, 0) is 68.8 Å². The summed E-state index contributed by atoms with van der Waals surface area (Å²) in [7, 11) is 0. The van der Waals surface area contributed by atoms with Crippen molar-refractivity contribution in [3.8, 4) is 73.6 Å². The van der Waals surface area contributed by atoms with Gasteiger partial charge in [-0.1, -0.05) is 135 Å². The normalized spacial score (nSPS) is 12.6. The standard InChI is InChI=1S/C43H30N4/c1-43(2)38-24-28(27-44)20-22-35(38)36-23-21-32(26-39(36)43)31-16-11-17-33(25-31)41-45-40(30-14-7-4-8-15-30)46-42(47-41)37-19-10-9-18-34(37)29-12-5-3-6-13-29/h3-26H,1-2H3. The van der Waals surface area contributed by atoms with Crippen LogP contribution in [0.1, 0.15) is 30.5 Å². The Morgan fingerprint density at radius 3 is 1.68 bits per heavy atom. The zero-order chi connectivity index (χ0) is 32.0. The highest BCUT2D eigenvalue weighted by atomic mass is 15.0. The van der Waals surface area contributed by atoms with Crippen molar-refractivity contribution in [2.45, 2.75) is 19.3 Å². The molecule has 1 aliphatic rings. The molecule has 1 heterocycles. The largest absolute Gasteiger partial charge is 0.208 e. The first-order valence-corrected chi connectivity index (χ1v) is 15.8. The third-order valence-electron chi connectivity index (χ3n) is 9.18. The Morgan fingerprint density at radius 1 is 0.426 bits per heavy atom. The molecule has 0 spiro atoms. The molecule has 4 nitrogen and oxygen atoms in total. The average Bonchev–Trinajstić information content (AvgIpc) is 3.37. The van der Waals surface area contributed by atoms with Gasteiger partial charge in [0, 0.05) is 22.1 Å². The fourth-order valence-corrected chi connectivity index (χ4v) is 6.71. The maximum absolute atomic E-state index is 9.53. The molecular weight excluding hydrogens is 573 g/mol. The molecule has 0 amide bonds. The number of nitrogens with zero attached hydrogens (tertiary/aromatic N) is 4. The van der Waals surface area contributed by atoms with Crippen LogP contribution < -0.4 is 0 Å². The highest BCUT2D eigenvalue weighted by Crippen LogP contribution is 2.50. The van der Waals surface area contributed by atoms with Crippen LogP contribution in [0.25, 0.3) is 67.5 Å². The zero-order valence-corrected chi connectivity index (χ0v) is 26.1. The van der Waals surface area contributed by atoms with E-state index in [1.54, 1.807) is 0 Å². The minimum atomic E-state index is -0.217. The van der Waals surface area contributed by atoms with Gasteiger partial charge in [-0.3, -0.25) is 0 Å². The van der Waals surface area contributed by atoms with E-state index in [0.29, 0.717) is 23.0 Å². The average molecular weight is 603 g/mol. The SMILES string of the molecule is CC1(C)c2cc(C#N)ccc2-c2ccc(-c3cccc(-c4nc(-c5ccccc5)nc(-c5ccccc5-c5ccccc5)n4)c3)cc21. The molecular formula is C43H30N4. The van der Waals surface area contributed by atoms with Crippen LogP contribution in [0.4, 0.5) is 0 Å². The van der Waals surface area contributed by atoms with Gasteiger partial charge in [0.1, 0.15) is 0 Å². The molecule has 1 aromatic heterocycles. The fraction of sp³-hybridized carbons (Fsp3) is 0.0698. The molecule has 0 atom stereocenters. The summed E-state index contributed by atoms with van der Waals surface area (Å²) in [5, 5.41) is 9.53. The fourth-order valence-electron chi connectivity index (χ4n) is 6.71. The first-order chi connectivity index (χ1) is 23.0. The van der Waals surface area contributed by atoms with Crippen molar-refractivity contribution in [1.29, 1.82) is 5.26 Å². The molecule has 4 heteroatoms. The summed E-state index contributed by atoms with van der Waals surface area (Å²) in [6, 6.07) is 52.2. The molecule has 0 unspecified atom stereocenters. The molecule has 0 radical (unpaired) electrons. The number of hydrogen-bond acceptors (Lipinski definition) is 4. The third-order valence-corrected chi connectivity index (χ3v) is 9.18. The third kappa shape index (κ3) is 4.99. The van der Waals surface area contributed by atoms with Gasteiger partial charge in [0.2, 0.25) is 0 Å². The lowest BCUT2D eigenvalue weighted by Crippen LogP contribution is -2.15. The maximum atomic E-state index is 9.53. The molecule has 6 aromatic carbocycles. The summed E-state index contributed by atoms with van der Waals surface area (Å²) in [4.78, 5) is 15.1. The van der Waals surface area contributed by atoms with E-state index in [9.17, 15) is 5.26 Å². The lowest BCUT2D eigenvalue weighted by Gasteiger charge is -2.22. The van der Waals surface area contributed by atoms with Crippen molar-refractivity contribution < 1.29 is 0 Å². The molecule has 0 saturated heterocycles. The van der Waals surface area contributed by atoms with E-state index in [1.165, 1.54) is 22.3 Å². The van der Waals surface area contributed by atoms with Crippen molar-refractivity contribution in [3.05, 3.63) is 162 Å². The van der Waals surface area contributed by atoms with Crippen molar-refractivity contribution in [1.82, 2.24) is 15.0 Å². The molecule has 0 aliphatic heterocycles. The van der Waals surface area contributed by atoms with E-state index in [2.05, 4.69) is 92.7 Å². The first kappa shape index (κ1) is 28.3. The van der Waals surface area contributed by atoms with Gasteiger partial charge in [-0.15, -0.1) is 0 Å². The van der Waals surface area contributed by atoms with Crippen molar-refractivity contribution in [3.63, 3.8) is 0 Å². The number of fused-ring (bicyclic) bond motifs is 3. The second-order valence-corrected chi connectivity index (χ2v) is 12.4. The second kappa shape index (κ2) is 11.3. The van der Waals surface area contributed by atoms with Crippen LogP contribution in [0.3, 0.4) is 0 Å². The quantitative estimate of drug-likeness (QED) is 0.197. The first-order valence-electron chi connectivity index (χ1n) is 15.8. The topological polar surface area (TPSA) is 62.5 Å². The van der Waals surface area contributed by atoms with Crippen LogP contribution in [-0.2, 0) is 5.41 Å². The molecule has 0 fully saturated rings. The van der Waals surface area contributed by atoms with Crippen LogP contribution in [0, 0.1) is 11.3 Å². The Bertz CT molecular complexity index is 2330. The molecule has 0 N–H and O–H groups in total. The summed E-state index contributed by atoms with van der Waals surface area (Å²) in [6.45, 7) is 4.48. The Morgan fingerprint density at radius 2 is 0.957 bits per heavy atom. The van der Waals surface area contributed by atoms with Crippen LogP contribution >= 0.6 is 0 Å². The molecule has 0 bridgehead atoms. The van der Waals surface area contributed by atoms with E-state index in [1.807, 2.05) is 72.8 Å². The molecule has 8 rings (SSSR count). The van der Waals surface area contributed by atoms with Crippen LogP contribution in [0.15, 0.2) is 146 Å². The van der Waals surface area contributed by atoms with Gasteiger partial charge < -0.3 is 0 Å². The number of benzene rings is 6. The Kier molecular flexibility index (Phi) is 6.82. The van der Waals surface area contributed by atoms with Crippen molar-refractivity contribution >= 4 is 0 Å². The lowest BCUT2D eigenvalue weighted by molar-refractivity contribution is 0.660. The van der Waals surface area contributed by atoms with Gasteiger partial charge in [0.25, 0.3) is 0 Å². The van der Waals surface area contributed by atoms with Crippen LogP contribution in [-0.4, -0.2) is 15.0 Å². The highest BCUT2D eigenvalue weighted by molar-refractivity contribution is 5.85.